The highest BCUT2D eigenvalue weighted by atomic mass is 16.1. The maximum atomic E-state index is 11.6. The molecule has 0 amide bonds. The second kappa shape index (κ2) is 5.80. The van der Waals surface area contributed by atoms with Gasteiger partial charge in [-0.05, 0) is 18.2 Å². The first-order chi connectivity index (χ1) is 8.24. The summed E-state index contributed by atoms with van der Waals surface area (Å²) in [5, 5.41) is 9.17. The lowest BCUT2D eigenvalue weighted by atomic mass is 10.1. The van der Waals surface area contributed by atoms with Crippen LogP contribution in [0.2, 0.25) is 0 Å². The number of aromatic amines is 1. The maximum absolute atomic E-state index is 11.6. The van der Waals surface area contributed by atoms with Gasteiger partial charge in [-0.1, -0.05) is 20.8 Å². The Bertz CT molecular complexity index is 608. The Morgan fingerprint density at radius 1 is 1.41 bits per heavy atom. The third-order valence-corrected chi connectivity index (χ3v) is 2.22. The van der Waals surface area contributed by atoms with Gasteiger partial charge in [0, 0.05) is 6.42 Å². The number of nitrogens with one attached hydrogen (secondary N) is 1. The van der Waals surface area contributed by atoms with E-state index >= 15 is 0 Å². The van der Waals surface area contributed by atoms with Crippen molar-refractivity contribution in [2.75, 3.05) is 0 Å². The normalized spacial score (nSPS) is 9.29. The van der Waals surface area contributed by atoms with E-state index in [2.05, 4.69) is 9.97 Å². The van der Waals surface area contributed by atoms with Crippen molar-refractivity contribution < 1.29 is 0 Å². The Kier molecular flexibility index (Phi) is 4.41. The molecule has 0 aliphatic carbocycles. The maximum Gasteiger partial charge on any atom is 0.258 e. The fourth-order valence-corrected chi connectivity index (χ4v) is 1.42. The molecule has 0 aliphatic rings. The summed E-state index contributed by atoms with van der Waals surface area (Å²) >= 11 is 0. The lowest BCUT2D eigenvalue weighted by Gasteiger charge is -1.99. The first kappa shape index (κ1) is 12.9. The molecule has 0 unspecified atom stereocenters. The standard InChI is InChI=1S/C11H9N3O.C2H6/c1-2-10-13-9-4-3-7(6-12)5-8(9)11(15)14-10;1-2/h3-5H,2H2,1H3,(H,13,14,15);1-2H3. The first-order valence-corrected chi connectivity index (χ1v) is 5.67. The third kappa shape index (κ3) is 2.70. The molecule has 0 fully saturated rings. The molecule has 2 aromatic rings. The molecule has 1 N–H and O–H groups in total. The number of aromatic nitrogens is 2. The van der Waals surface area contributed by atoms with Crippen LogP contribution in [0.1, 0.15) is 32.2 Å². The third-order valence-electron chi connectivity index (χ3n) is 2.22. The molecular weight excluding hydrogens is 214 g/mol. The second-order valence-corrected chi connectivity index (χ2v) is 3.21. The Balaban J connectivity index is 0.000000686. The van der Waals surface area contributed by atoms with Gasteiger partial charge in [-0.25, -0.2) is 4.98 Å². The van der Waals surface area contributed by atoms with Gasteiger partial charge in [0.25, 0.3) is 5.56 Å². The van der Waals surface area contributed by atoms with Gasteiger partial charge in [0.1, 0.15) is 5.82 Å². The summed E-state index contributed by atoms with van der Waals surface area (Å²) in [7, 11) is 0. The summed E-state index contributed by atoms with van der Waals surface area (Å²) in [5.41, 5.74) is 0.919. The van der Waals surface area contributed by atoms with Gasteiger partial charge in [-0.15, -0.1) is 0 Å². The Morgan fingerprint density at radius 2 is 2.12 bits per heavy atom. The lowest BCUT2D eigenvalue weighted by Crippen LogP contribution is -2.11. The molecule has 88 valence electrons. The summed E-state index contributed by atoms with van der Waals surface area (Å²) in [6.07, 6.45) is 0.686. The molecule has 4 nitrogen and oxygen atoms in total. The number of aryl methyl sites for hydroxylation is 1. The highest BCUT2D eigenvalue weighted by Gasteiger charge is 2.03. The Hall–Kier alpha value is -2.15. The van der Waals surface area contributed by atoms with Crippen LogP contribution < -0.4 is 5.56 Å². The van der Waals surface area contributed by atoms with Gasteiger partial charge in [0.05, 0.1) is 22.5 Å². The van der Waals surface area contributed by atoms with E-state index in [0.29, 0.717) is 28.7 Å². The molecule has 1 heterocycles. The van der Waals surface area contributed by atoms with E-state index in [1.807, 2.05) is 26.8 Å². The van der Waals surface area contributed by atoms with Gasteiger partial charge in [-0.2, -0.15) is 5.26 Å². The topological polar surface area (TPSA) is 69.5 Å². The smallest absolute Gasteiger partial charge is 0.258 e. The zero-order valence-corrected chi connectivity index (χ0v) is 10.2. The van der Waals surface area contributed by atoms with Crippen LogP contribution in [0.5, 0.6) is 0 Å². The molecule has 17 heavy (non-hydrogen) atoms. The number of rotatable bonds is 1. The van der Waals surface area contributed by atoms with Crippen LogP contribution in [0.3, 0.4) is 0 Å². The molecule has 0 aliphatic heterocycles. The predicted octanol–water partition coefficient (Wildman–Crippen LogP) is 2.38. The Labute approximate surface area is 99.9 Å². The molecule has 1 aromatic heterocycles. The van der Waals surface area contributed by atoms with Gasteiger partial charge in [-0.3, -0.25) is 4.79 Å². The summed E-state index contributed by atoms with van der Waals surface area (Å²) < 4.78 is 0. The molecule has 0 saturated carbocycles. The zero-order chi connectivity index (χ0) is 12.8. The molecule has 0 radical (unpaired) electrons. The molecule has 0 atom stereocenters. The molecule has 0 spiro atoms. The summed E-state index contributed by atoms with van der Waals surface area (Å²) in [5.74, 6) is 0.664. The molecule has 0 bridgehead atoms. The van der Waals surface area contributed by atoms with E-state index in [1.54, 1.807) is 18.2 Å². The highest BCUT2D eigenvalue weighted by molar-refractivity contribution is 5.78. The minimum Gasteiger partial charge on any atom is -0.310 e. The van der Waals surface area contributed by atoms with E-state index in [1.165, 1.54) is 0 Å². The van der Waals surface area contributed by atoms with Crippen molar-refractivity contribution in [1.29, 1.82) is 5.26 Å². The minimum absolute atomic E-state index is 0.186. The number of H-pyrrole nitrogens is 1. The van der Waals surface area contributed by atoms with Gasteiger partial charge < -0.3 is 4.98 Å². The highest BCUT2D eigenvalue weighted by Crippen LogP contribution is 2.09. The van der Waals surface area contributed by atoms with E-state index in [-0.39, 0.29) is 5.56 Å². The number of nitriles is 1. The monoisotopic (exact) mass is 229 g/mol. The van der Waals surface area contributed by atoms with Crippen LogP contribution in [0.15, 0.2) is 23.0 Å². The van der Waals surface area contributed by atoms with Crippen LogP contribution in [0.4, 0.5) is 0 Å². The van der Waals surface area contributed by atoms with E-state index in [4.69, 9.17) is 5.26 Å². The van der Waals surface area contributed by atoms with E-state index in [9.17, 15) is 4.79 Å². The number of benzene rings is 1. The zero-order valence-electron chi connectivity index (χ0n) is 10.2. The summed E-state index contributed by atoms with van der Waals surface area (Å²) in [6.45, 7) is 5.92. The van der Waals surface area contributed by atoms with Crippen molar-refractivity contribution in [2.24, 2.45) is 0 Å². The van der Waals surface area contributed by atoms with E-state index in [0.717, 1.165) is 0 Å². The van der Waals surface area contributed by atoms with Gasteiger partial charge in [0.15, 0.2) is 0 Å². The molecular formula is C13H15N3O. The molecule has 4 heteroatoms. The fraction of sp³-hybridized carbons (Fsp3) is 0.308. The van der Waals surface area contributed by atoms with Crippen molar-refractivity contribution >= 4 is 10.9 Å². The average Bonchev–Trinajstić information content (AvgIpc) is 2.40. The number of nitrogens with zero attached hydrogens (tertiary/aromatic N) is 2. The van der Waals surface area contributed by atoms with Crippen LogP contribution in [0, 0.1) is 11.3 Å². The first-order valence-electron chi connectivity index (χ1n) is 5.67. The minimum atomic E-state index is -0.186. The lowest BCUT2D eigenvalue weighted by molar-refractivity contribution is 0.944. The van der Waals surface area contributed by atoms with Crippen molar-refractivity contribution in [3.8, 4) is 6.07 Å². The van der Waals surface area contributed by atoms with Crippen LogP contribution in [-0.2, 0) is 6.42 Å². The molecule has 2 rings (SSSR count). The molecule has 1 aromatic carbocycles. The summed E-state index contributed by atoms with van der Waals surface area (Å²) in [6, 6.07) is 6.91. The number of fused-ring (bicyclic) bond motifs is 1. The Morgan fingerprint density at radius 3 is 2.71 bits per heavy atom. The van der Waals surface area contributed by atoms with Crippen LogP contribution in [0.25, 0.3) is 10.9 Å². The van der Waals surface area contributed by atoms with Crippen LogP contribution in [-0.4, -0.2) is 9.97 Å². The number of hydrogen-bond donors (Lipinski definition) is 1. The number of hydrogen-bond acceptors (Lipinski definition) is 3. The largest absolute Gasteiger partial charge is 0.310 e. The summed E-state index contributed by atoms with van der Waals surface area (Å²) in [4.78, 5) is 18.6. The fourth-order valence-electron chi connectivity index (χ4n) is 1.42. The molecule has 0 saturated heterocycles. The SMILES string of the molecule is CC.CCc1nc2ccc(C#N)cc2c(=O)[nH]1. The van der Waals surface area contributed by atoms with Crippen molar-refractivity contribution in [3.63, 3.8) is 0 Å². The predicted molar refractivity (Wildman–Crippen MR) is 67.8 cm³/mol. The van der Waals surface area contributed by atoms with Gasteiger partial charge in [0.2, 0.25) is 0 Å². The average molecular weight is 229 g/mol. The van der Waals surface area contributed by atoms with Crippen LogP contribution >= 0.6 is 0 Å². The van der Waals surface area contributed by atoms with Gasteiger partial charge >= 0.3 is 0 Å². The quantitative estimate of drug-likeness (QED) is 0.816. The van der Waals surface area contributed by atoms with Crippen molar-refractivity contribution in [1.82, 2.24) is 9.97 Å². The van der Waals surface area contributed by atoms with E-state index < -0.39 is 0 Å². The van der Waals surface area contributed by atoms with Crippen molar-refractivity contribution in [2.45, 2.75) is 27.2 Å². The second-order valence-electron chi connectivity index (χ2n) is 3.21. The van der Waals surface area contributed by atoms with Crippen molar-refractivity contribution in [3.05, 3.63) is 39.9 Å².